The molecular formula is C16H17NO3. The molecule has 0 amide bonds. The average molecular weight is 271 g/mol. The number of nitrogens with one attached hydrogen (secondary N) is 1. The molecule has 0 heterocycles. The van der Waals surface area contributed by atoms with Crippen LogP contribution in [0.5, 0.6) is 5.75 Å². The van der Waals surface area contributed by atoms with Gasteiger partial charge < -0.3 is 15.2 Å². The Morgan fingerprint density at radius 2 is 1.60 bits per heavy atom. The van der Waals surface area contributed by atoms with Crippen molar-refractivity contribution in [2.45, 2.75) is 13.3 Å². The first-order chi connectivity index (χ1) is 9.69. The van der Waals surface area contributed by atoms with Crippen LogP contribution in [-0.4, -0.2) is 17.7 Å². The fraction of sp³-hybridized carbons (Fsp3) is 0.188. The average Bonchev–Trinajstić information content (AvgIpc) is 2.47. The van der Waals surface area contributed by atoms with Gasteiger partial charge in [-0.1, -0.05) is 6.92 Å². The predicted molar refractivity (Wildman–Crippen MR) is 78.9 cm³/mol. The van der Waals surface area contributed by atoms with Gasteiger partial charge in [0.1, 0.15) is 5.75 Å². The predicted octanol–water partition coefficient (Wildman–Crippen LogP) is 3.92. The van der Waals surface area contributed by atoms with Crippen LogP contribution in [0.15, 0.2) is 48.5 Å². The summed E-state index contributed by atoms with van der Waals surface area (Å²) in [4.78, 5) is 10.8. The summed E-state index contributed by atoms with van der Waals surface area (Å²) in [6.45, 7) is 2.78. The van der Waals surface area contributed by atoms with Crippen molar-refractivity contribution in [2.24, 2.45) is 0 Å². The summed E-state index contributed by atoms with van der Waals surface area (Å²) in [7, 11) is 0. The van der Waals surface area contributed by atoms with Crippen molar-refractivity contribution in [2.75, 3.05) is 11.9 Å². The van der Waals surface area contributed by atoms with E-state index in [4.69, 9.17) is 9.84 Å². The van der Waals surface area contributed by atoms with Crippen molar-refractivity contribution < 1.29 is 14.6 Å². The molecule has 104 valence electrons. The highest BCUT2D eigenvalue weighted by molar-refractivity contribution is 5.88. The van der Waals surface area contributed by atoms with Crippen LogP contribution in [0.4, 0.5) is 11.4 Å². The minimum Gasteiger partial charge on any atom is -0.494 e. The van der Waals surface area contributed by atoms with E-state index in [1.54, 1.807) is 24.3 Å². The Morgan fingerprint density at radius 3 is 2.10 bits per heavy atom. The SMILES string of the molecule is CCCOc1ccc(Nc2ccc(C(=O)O)cc2)cc1. The molecular weight excluding hydrogens is 254 g/mol. The zero-order valence-electron chi connectivity index (χ0n) is 11.3. The number of carbonyl (C=O) groups is 1. The lowest BCUT2D eigenvalue weighted by Crippen LogP contribution is -1.97. The minimum absolute atomic E-state index is 0.277. The highest BCUT2D eigenvalue weighted by atomic mass is 16.5. The quantitative estimate of drug-likeness (QED) is 0.836. The lowest BCUT2D eigenvalue weighted by Gasteiger charge is -2.08. The maximum Gasteiger partial charge on any atom is 0.335 e. The second-order valence-electron chi connectivity index (χ2n) is 4.38. The van der Waals surface area contributed by atoms with Crippen LogP contribution in [0.25, 0.3) is 0 Å². The van der Waals surface area contributed by atoms with Crippen molar-refractivity contribution in [3.8, 4) is 5.75 Å². The van der Waals surface area contributed by atoms with Gasteiger partial charge in [-0.15, -0.1) is 0 Å². The molecule has 0 unspecified atom stereocenters. The van der Waals surface area contributed by atoms with E-state index < -0.39 is 5.97 Å². The lowest BCUT2D eigenvalue weighted by molar-refractivity contribution is 0.0697. The number of benzene rings is 2. The van der Waals surface area contributed by atoms with Crippen LogP contribution in [0, 0.1) is 0 Å². The maximum atomic E-state index is 10.8. The molecule has 2 aromatic carbocycles. The molecule has 4 heteroatoms. The minimum atomic E-state index is -0.922. The number of anilines is 2. The molecule has 0 saturated carbocycles. The van der Waals surface area contributed by atoms with Gasteiger partial charge in [0.25, 0.3) is 0 Å². The number of aromatic carboxylic acids is 1. The largest absolute Gasteiger partial charge is 0.494 e. The molecule has 0 saturated heterocycles. The molecule has 2 N–H and O–H groups in total. The van der Waals surface area contributed by atoms with Crippen molar-refractivity contribution in [1.82, 2.24) is 0 Å². The summed E-state index contributed by atoms with van der Waals surface area (Å²) < 4.78 is 5.51. The van der Waals surface area contributed by atoms with Crippen molar-refractivity contribution >= 4 is 17.3 Å². The van der Waals surface area contributed by atoms with E-state index in [1.807, 2.05) is 24.3 Å². The highest BCUT2D eigenvalue weighted by Gasteiger charge is 2.02. The van der Waals surface area contributed by atoms with Crippen LogP contribution in [0.1, 0.15) is 23.7 Å². The number of rotatable bonds is 6. The van der Waals surface area contributed by atoms with Gasteiger partial charge >= 0.3 is 5.97 Å². The summed E-state index contributed by atoms with van der Waals surface area (Å²) >= 11 is 0. The van der Waals surface area contributed by atoms with Crippen LogP contribution < -0.4 is 10.1 Å². The van der Waals surface area contributed by atoms with Crippen LogP contribution in [0.2, 0.25) is 0 Å². The molecule has 4 nitrogen and oxygen atoms in total. The Bertz CT molecular complexity index is 561. The number of ether oxygens (including phenoxy) is 1. The first-order valence-electron chi connectivity index (χ1n) is 6.52. The topological polar surface area (TPSA) is 58.6 Å². The molecule has 0 bridgehead atoms. The third kappa shape index (κ3) is 3.75. The summed E-state index contributed by atoms with van der Waals surface area (Å²) in [5.41, 5.74) is 2.05. The lowest BCUT2D eigenvalue weighted by atomic mass is 10.2. The standard InChI is InChI=1S/C16H17NO3/c1-2-11-20-15-9-7-14(8-10-15)17-13-5-3-12(4-6-13)16(18)19/h3-10,17H,2,11H2,1H3,(H,18,19). The Labute approximate surface area is 118 Å². The number of carboxylic acids is 1. The number of hydrogen-bond acceptors (Lipinski definition) is 3. The Hall–Kier alpha value is -2.49. The smallest absolute Gasteiger partial charge is 0.335 e. The van der Waals surface area contributed by atoms with Gasteiger partial charge in [-0.3, -0.25) is 0 Å². The first kappa shape index (κ1) is 13.9. The monoisotopic (exact) mass is 271 g/mol. The molecule has 0 aliphatic carbocycles. The fourth-order valence-corrected chi connectivity index (χ4v) is 1.72. The van der Waals surface area contributed by atoms with Crippen molar-refractivity contribution in [3.05, 3.63) is 54.1 Å². The van der Waals surface area contributed by atoms with Gasteiger partial charge in [-0.2, -0.15) is 0 Å². The van der Waals surface area contributed by atoms with Crippen LogP contribution in [0.3, 0.4) is 0 Å². The zero-order valence-corrected chi connectivity index (χ0v) is 11.3. The molecule has 2 aromatic rings. The molecule has 0 aromatic heterocycles. The molecule has 0 aliphatic rings. The van der Waals surface area contributed by atoms with E-state index in [9.17, 15) is 4.79 Å². The van der Waals surface area contributed by atoms with E-state index in [0.717, 1.165) is 23.5 Å². The van der Waals surface area contributed by atoms with E-state index in [0.29, 0.717) is 6.61 Å². The van der Waals surface area contributed by atoms with E-state index in [1.165, 1.54) is 0 Å². The molecule has 2 rings (SSSR count). The molecule has 0 radical (unpaired) electrons. The Kier molecular flexibility index (Phi) is 4.60. The molecule has 0 aliphatic heterocycles. The summed E-state index contributed by atoms with van der Waals surface area (Å²) in [5, 5.41) is 12.0. The highest BCUT2D eigenvalue weighted by Crippen LogP contribution is 2.20. The Morgan fingerprint density at radius 1 is 1.05 bits per heavy atom. The molecule has 0 spiro atoms. The third-order valence-electron chi connectivity index (χ3n) is 2.75. The maximum absolute atomic E-state index is 10.8. The van der Waals surface area contributed by atoms with Gasteiger partial charge in [0, 0.05) is 11.4 Å². The Balaban J connectivity index is 2.00. The number of hydrogen-bond donors (Lipinski definition) is 2. The van der Waals surface area contributed by atoms with Crippen LogP contribution >= 0.6 is 0 Å². The van der Waals surface area contributed by atoms with Crippen molar-refractivity contribution in [1.29, 1.82) is 0 Å². The number of carboxylic acid groups (broad SMARTS) is 1. The van der Waals surface area contributed by atoms with Gasteiger partial charge in [0.2, 0.25) is 0 Å². The third-order valence-corrected chi connectivity index (χ3v) is 2.75. The molecule has 0 atom stereocenters. The fourth-order valence-electron chi connectivity index (χ4n) is 1.72. The van der Waals surface area contributed by atoms with Gasteiger partial charge in [-0.05, 0) is 55.0 Å². The first-order valence-corrected chi connectivity index (χ1v) is 6.52. The van der Waals surface area contributed by atoms with Gasteiger partial charge in [0.05, 0.1) is 12.2 Å². The summed E-state index contributed by atoms with van der Waals surface area (Å²) in [6, 6.07) is 14.3. The van der Waals surface area contributed by atoms with Crippen molar-refractivity contribution in [3.63, 3.8) is 0 Å². The summed E-state index contributed by atoms with van der Waals surface area (Å²) in [5.74, 6) is -0.0763. The zero-order chi connectivity index (χ0) is 14.4. The molecule has 0 fully saturated rings. The summed E-state index contributed by atoms with van der Waals surface area (Å²) in [6.07, 6.45) is 0.982. The van der Waals surface area contributed by atoms with E-state index in [2.05, 4.69) is 12.2 Å². The van der Waals surface area contributed by atoms with E-state index >= 15 is 0 Å². The van der Waals surface area contributed by atoms with Crippen LogP contribution in [-0.2, 0) is 0 Å². The normalized spacial score (nSPS) is 10.1. The second-order valence-corrected chi connectivity index (χ2v) is 4.38. The molecule has 20 heavy (non-hydrogen) atoms. The second kappa shape index (κ2) is 6.61. The van der Waals surface area contributed by atoms with E-state index in [-0.39, 0.29) is 5.56 Å². The van der Waals surface area contributed by atoms with Gasteiger partial charge in [-0.25, -0.2) is 4.79 Å². The van der Waals surface area contributed by atoms with Gasteiger partial charge in [0.15, 0.2) is 0 Å².